The quantitative estimate of drug-likeness (QED) is 0.103. The molecule has 4 saturated heterocycles. The predicted molar refractivity (Wildman–Crippen MR) is 276 cm³/mol. The lowest BCUT2D eigenvalue weighted by molar-refractivity contribution is 0.0746. The number of piperidine rings is 2. The molecule has 0 saturated carbocycles. The number of hydrogen-bond donors (Lipinski definition) is 1. The van der Waals surface area contributed by atoms with E-state index in [1.54, 1.807) is 24.3 Å². The van der Waals surface area contributed by atoms with Gasteiger partial charge in [0.25, 0.3) is 5.91 Å². The second-order valence-corrected chi connectivity index (χ2v) is 17.8. The molecular formula is C51H67Cl2IN8O3. The molecule has 4 fully saturated rings. The SMILES string of the molecule is Cl.Cl.N#Cc1ccc(C(=O)N2CCN(c3ccc(OCCCN4CCCCC4)cc3)CC2)cc1.N#Cc1ccc(I)cc1.c1cc(N2CCNCC2)ccc1OCCCN1CCCCC1. The van der Waals surface area contributed by atoms with Crippen molar-refractivity contribution in [1.29, 1.82) is 10.5 Å². The normalized spacial score (nSPS) is 16.4. The monoisotopic (exact) mass is 1040 g/mol. The van der Waals surface area contributed by atoms with E-state index in [4.69, 9.17) is 20.0 Å². The lowest BCUT2D eigenvalue weighted by Crippen LogP contribution is -2.48. The Bertz CT molecular complexity index is 2010. The van der Waals surface area contributed by atoms with Crippen molar-refractivity contribution < 1.29 is 14.3 Å². The topological polar surface area (TPSA) is 111 Å². The van der Waals surface area contributed by atoms with Crippen LogP contribution in [0, 0.1) is 26.2 Å². The summed E-state index contributed by atoms with van der Waals surface area (Å²) in [6.45, 7) is 16.2. The van der Waals surface area contributed by atoms with Crippen LogP contribution in [-0.4, -0.2) is 125 Å². The maximum Gasteiger partial charge on any atom is 0.253 e. The van der Waals surface area contributed by atoms with E-state index in [1.165, 1.54) is 76.9 Å². The molecule has 0 unspecified atom stereocenters. The first-order valence-corrected chi connectivity index (χ1v) is 24.1. The third kappa shape index (κ3) is 18.5. The summed E-state index contributed by atoms with van der Waals surface area (Å²) in [6, 6.07) is 35.3. The second kappa shape index (κ2) is 30.1. The first-order valence-electron chi connectivity index (χ1n) is 23.0. The van der Waals surface area contributed by atoms with E-state index in [2.05, 4.69) is 96.0 Å². The minimum absolute atomic E-state index is 0. The van der Waals surface area contributed by atoms with Crippen molar-refractivity contribution in [3.05, 3.63) is 117 Å². The van der Waals surface area contributed by atoms with Gasteiger partial charge in [-0.25, -0.2) is 0 Å². The summed E-state index contributed by atoms with van der Waals surface area (Å²) < 4.78 is 13.0. The van der Waals surface area contributed by atoms with Crippen molar-refractivity contribution in [2.45, 2.75) is 51.4 Å². The molecule has 4 heterocycles. The number of anilines is 2. The Hall–Kier alpha value is -4.28. The van der Waals surface area contributed by atoms with Crippen LogP contribution in [-0.2, 0) is 0 Å². The van der Waals surface area contributed by atoms with E-state index in [9.17, 15) is 4.79 Å². The Labute approximate surface area is 414 Å². The maximum atomic E-state index is 12.7. The van der Waals surface area contributed by atoms with Crippen LogP contribution in [0.1, 0.15) is 72.9 Å². The van der Waals surface area contributed by atoms with Crippen LogP contribution in [0.2, 0.25) is 0 Å². The molecule has 4 aromatic rings. The predicted octanol–water partition coefficient (Wildman–Crippen LogP) is 9.13. The van der Waals surface area contributed by atoms with E-state index in [0.717, 1.165) is 98.2 Å². The average Bonchev–Trinajstić information content (AvgIpc) is 3.36. The minimum Gasteiger partial charge on any atom is -0.494 e. The summed E-state index contributed by atoms with van der Waals surface area (Å²) in [5.74, 6) is 1.95. The molecule has 4 aliphatic heterocycles. The van der Waals surface area contributed by atoms with Crippen LogP contribution in [0.5, 0.6) is 11.5 Å². The van der Waals surface area contributed by atoms with Gasteiger partial charge in [-0.05, 0) is 184 Å². The number of carbonyl (C=O) groups excluding carboxylic acids is 1. The van der Waals surface area contributed by atoms with E-state index in [-0.39, 0.29) is 30.7 Å². The number of nitrogens with one attached hydrogen (secondary N) is 1. The summed E-state index contributed by atoms with van der Waals surface area (Å²) >= 11 is 2.20. The Morgan fingerprint density at radius 2 is 0.954 bits per heavy atom. The van der Waals surface area contributed by atoms with Gasteiger partial charge < -0.3 is 39.3 Å². The molecule has 8 rings (SSSR count). The highest BCUT2D eigenvalue weighted by Gasteiger charge is 2.22. The first kappa shape index (κ1) is 53.3. The highest BCUT2D eigenvalue weighted by Crippen LogP contribution is 2.23. The van der Waals surface area contributed by atoms with E-state index in [1.807, 2.05) is 41.3 Å². The highest BCUT2D eigenvalue weighted by molar-refractivity contribution is 14.1. The third-order valence-electron chi connectivity index (χ3n) is 12.0. The van der Waals surface area contributed by atoms with Crippen LogP contribution in [0.15, 0.2) is 97.1 Å². The second-order valence-electron chi connectivity index (χ2n) is 16.5. The standard InChI is InChI=1S/C26H32N4O2.C18H29N3O.C7H4IN.2ClH/c27-21-22-5-7-23(8-6-22)26(31)30-18-16-29(17-19-30)24-9-11-25(12-10-24)32-20-4-15-28-13-2-1-3-14-28;1-2-11-20(12-3-1)13-4-16-22-18-7-5-17(6-8-18)21-14-9-19-10-15-21;8-7-3-1-6(5-9)2-4-7;;/h5-12H,1-4,13-20H2;5-8,19H,1-4,9-16H2;1-4H;2*1H. The molecule has 1 amide bonds. The lowest BCUT2D eigenvalue weighted by Gasteiger charge is -2.36. The summed E-state index contributed by atoms with van der Waals surface area (Å²) in [6.07, 6.45) is 10.4. The van der Waals surface area contributed by atoms with Crippen molar-refractivity contribution in [2.24, 2.45) is 0 Å². The van der Waals surface area contributed by atoms with Gasteiger partial charge >= 0.3 is 0 Å². The van der Waals surface area contributed by atoms with Crippen LogP contribution in [0.25, 0.3) is 0 Å². The lowest BCUT2D eigenvalue weighted by atomic mass is 10.1. The zero-order valence-electron chi connectivity index (χ0n) is 37.8. The van der Waals surface area contributed by atoms with Gasteiger partial charge in [-0.3, -0.25) is 4.79 Å². The van der Waals surface area contributed by atoms with Gasteiger partial charge in [-0.15, -0.1) is 24.8 Å². The number of ether oxygens (including phenoxy) is 2. The van der Waals surface area contributed by atoms with Gasteiger partial charge in [0.05, 0.1) is 36.5 Å². The van der Waals surface area contributed by atoms with E-state index in [0.29, 0.717) is 24.2 Å². The fraction of sp³-hybridized carbons (Fsp3) is 0.471. The molecule has 1 N–H and O–H groups in total. The molecule has 65 heavy (non-hydrogen) atoms. The van der Waals surface area contributed by atoms with Gasteiger partial charge in [0.15, 0.2) is 0 Å². The van der Waals surface area contributed by atoms with E-state index < -0.39 is 0 Å². The number of piperazine rings is 2. The number of rotatable bonds is 13. The fourth-order valence-electron chi connectivity index (χ4n) is 8.31. The van der Waals surface area contributed by atoms with Gasteiger partial charge in [0, 0.05) is 86.0 Å². The molecule has 4 aromatic carbocycles. The molecule has 14 heteroatoms. The zero-order valence-corrected chi connectivity index (χ0v) is 41.5. The number of nitriles is 2. The van der Waals surface area contributed by atoms with Crippen molar-refractivity contribution in [2.75, 3.05) is 115 Å². The molecular weight excluding hydrogens is 970 g/mol. The van der Waals surface area contributed by atoms with Crippen LogP contribution < -0.4 is 24.6 Å². The summed E-state index contributed by atoms with van der Waals surface area (Å²) in [7, 11) is 0. The van der Waals surface area contributed by atoms with Gasteiger partial charge in [0.1, 0.15) is 11.5 Å². The maximum absolute atomic E-state index is 12.7. The molecule has 0 aromatic heterocycles. The molecule has 350 valence electrons. The zero-order chi connectivity index (χ0) is 43.9. The van der Waals surface area contributed by atoms with E-state index >= 15 is 0 Å². The number of amides is 1. The number of hydrogen-bond acceptors (Lipinski definition) is 10. The number of benzene rings is 4. The van der Waals surface area contributed by atoms with Crippen molar-refractivity contribution >= 4 is 64.7 Å². The molecule has 11 nitrogen and oxygen atoms in total. The van der Waals surface area contributed by atoms with Crippen LogP contribution >= 0.6 is 47.4 Å². The summed E-state index contributed by atoms with van der Waals surface area (Å²) in [5.41, 5.74) is 4.40. The number of halogens is 3. The van der Waals surface area contributed by atoms with Gasteiger partial charge in [0.2, 0.25) is 0 Å². The number of nitrogens with zero attached hydrogens (tertiary/aromatic N) is 7. The van der Waals surface area contributed by atoms with Crippen molar-refractivity contribution in [1.82, 2.24) is 20.0 Å². The van der Waals surface area contributed by atoms with Crippen LogP contribution in [0.4, 0.5) is 11.4 Å². The Balaban J connectivity index is 0.000000242. The summed E-state index contributed by atoms with van der Waals surface area (Å²) in [5, 5.41) is 20.7. The smallest absolute Gasteiger partial charge is 0.253 e. The Morgan fingerprint density at radius 3 is 1.38 bits per heavy atom. The molecule has 0 aliphatic carbocycles. The van der Waals surface area contributed by atoms with Gasteiger partial charge in [-0.2, -0.15) is 10.5 Å². The molecule has 0 radical (unpaired) electrons. The minimum atomic E-state index is 0. The molecule has 0 spiro atoms. The third-order valence-corrected chi connectivity index (χ3v) is 12.7. The number of carbonyl (C=O) groups is 1. The van der Waals surface area contributed by atoms with Crippen molar-refractivity contribution in [3.8, 4) is 23.6 Å². The average molecular weight is 1040 g/mol. The first-order chi connectivity index (χ1) is 31.0. The molecule has 0 bridgehead atoms. The fourth-order valence-corrected chi connectivity index (χ4v) is 8.67. The highest BCUT2D eigenvalue weighted by atomic mass is 127. The van der Waals surface area contributed by atoms with Gasteiger partial charge in [-0.1, -0.05) is 12.8 Å². The van der Waals surface area contributed by atoms with Crippen LogP contribution in [0.3, 0.4) is 0 Å². The largest absolute Gasteiger partial charge is 0.494 e. The van der Waals surface area contributed by atoms with Crippen molar-refractivity contribution in [3.63, 3.8) is 0 Å². The molecule has 0 atom stereocenters. The Kier molecular flexibility index (Phi) is 24.7. The molecule has 4 aliphatic rings. The number of likely N-dealkylation sites (tertiary alicyclic amines) is 2. The Morgan fingerprint density at radius 1 is 0.538 bits per heavy atom. The summed E-state index contributed by atoms with van der Waals surface area (Å²) in [4.78, 5) is 24.5.